The summed E-state index contributed by atoms with van der Waals surface area (Å²) in [6.07, 6.45) is -0.649. The van der Waals surface area contributed by atoms with Crippen molar-refractivity contribution in [1.82, 2.24) is 4.31 Å². The van der Waals surface area contributed by atoms with E-state index in [9.17, 15) is 22.9 Å². The van der Waals surface area contributed by atoms with Crippen LogP contribution in [0.1, 0.15) is 0 Å². The van der Waals surface area contributed by atoms with Gasteiger partial charge in [0.25, 0.3) is 0 Å². The van der Waals surface area contributed by atoms with Gasteiger partial charge in [0.1, 0.15) is 0 Å². The molecule has 1 unspecified atom stereocenters. The summed E-state index contributed by atoms with van der Waals surface area (Å²) in [4.78, 5) is 9.33. The second-order valence-electron chi connectivity index (χ2n) is 4.41. The molecule has 21 heavy (non-hydrogen) atoms. The van der Waals surface area contributed by atoms with Crippen molar-refractivity contribution in [2.45, 2.75) is 11.0 Å². The second-order valence-corrected chi connectivity index (χ2v) is 6.35. The molecule has 1 atom stereocenters. The minimum absolute atomic E-state index is 0.0595. The Kier molecular flexibility index (Phi) is 4.52. The van der Waals surface area contributed by atoms with Crippen molar-refractivity contribution in [1.29, 1.82) is 0 Å². The summed E-state index contributed by atoms with van der Waals surface area (Å²) < 4.78 is 44.2. The van der Waals surface area contributed by atoms with Gasteiger partial charge in [0.05, 0.1) is 29.1 Å². The van der Waals surface area contributed by atoms with E-state index in [4.69, 9.17) is 9.84 Å². The van der Waals surface area contributed by atoms with Crippen molar-refractivity contribution in [2.24, 2.45) is 0 Å². The Labute approximate surface area is 119 Å². The minimum Gasteiger partial charge on any atom is -0.394 e. The first-order valence-corrected chi connectivity index (χ1v) is 7.47. The van der Waals surface area contributed by atoms with Gasteiger partial charge in [-0.25, -0.2) is 8.42 Å². The molecule has 1 N–H and O–H groups in total. The Hall–Kier alpha value is -1.62. The highest BCUT2D eigenvalue weighted by molar-refractivity contribution is 7.89. The number of halogens is 1. The van der Waals surface area contributed by atoms with Gasteiger partial charge in [-0.1, -0.05) is 0 Å². The summed E-state index contributed by atoms with van der Waals surface area (Å²) in [5, 5.41) is 19.7. The highest BCUT2D eigenvalue weighted by Crippen LogP contribution is 2.25. The molecule has 0 aromatic heterocycles. The Morgan fingerprint density at radius 1 is 1.52 bits per heavy atom. The average molecular weight is 320 g/mol. The first kappa shape index (κ1) is 15.8. The molecule has 0 bridgehead atoms. The summed E-state index contributed by atoms with van der Waals surface area (Å²) >= 11 is 0. The van der Waals surface area contributed by atoms with Crippen LogP contribution in [0.4, 0.5) is 10.1 Å². The summed E-state index contributed by atoms with van der Waals surface area (Å²) in [7, 11) is -4.01. The number of nitrogens with zero attached hydrogens (tertiary/aromatic N) is 2. The van der Waals surface area contributed by atoms with Gasteiger partial charge in [0.2, 0.25) is 15.8 Å². The SMILES string of the molecule is O=[N+]([O-])c1cc(S(=O)(=O)N2CCOC(CO)C2)ccc1F. The van der Waals surface area contributed by atoms with Gasteiger partial charge < -0.3 is 9.84 Å². The third kappa shape index (κ3) is 3.18. The van der Waals surface area contributed by atoms with E-state index >= 15 is 0 Å². The predicted octanol–water partition coefficient (Wildman–Crippen LogP) is 0.116. The lowest BCUT2D eigenvalue weighted by Gasteiger charge is -2.31. The third-order valence-corrected chi connectivity index (χ3v) is 4.92. The lowest BCUT2D eigenvalue weighted by atomic mass is 10.3. The van der Waals surface area contributed by atoms with Gasteiger partial charge >= 0.3 is 5.69 Å². The Morgan fingerprint density at radius 3 is 2.86 bits per heavy atom. The van der Waals surface area contributed by atoms with E-state index < -0.39 is 32.6 Å². The van der Waals surface area contributed by atoms with E-state index in [0.717, 1.165) is 16.4 Å². The zero-order chi connectivity index (χ0) is 15.6. The maximum Gasteiger partial charge on any atom is 0.306 e. The third-order valence-electron chi connectivity index (χ3n) is 3.06. The molecule has 8 nitrogen and oxygen atoms in total. The second kappa shape index (κ2) is 6.02. The van der Waals surface area contributed by atoms with Gasteiger partial charge in [-0.3, -0.25) is 10.1 Å². The number of morpholine rings is 1. The van der Waals surface area contributed by atoms with Crippen LogP contribution in [0.5, 0.6) is 0 Å². The van der Waals surface area contributed by atoms with E-state index in [1.165, 1.54) is 0 Å². The van der Waals surface area contributed by atoms with Crippen molar-refractivity contribution in [3.8, 4) is 0 Å². The number of hydrogen-bond acceptors (Lipinski definition) is 6. The van der Waals surface area contributed by atoms with Crippen molar-refractivity contribution in [3.05, 3.63) is 34.1 Å². The zero-order valence-corrected chi connectivity index (χ0v) is 11.6. The van der Waals surface area contributed by atoms with Gasteiger partial charge in [-0.05, 0) is 12.1 Å². The molecule has 0 radical (unpaired) electrons. The lowest BCUT2D eigenvalue weighted by molar-refractivity contribution is -0.387. The number of hydrogen-bond donors (Lipinski definition) is 1. The number of sulfonamides is 1. The quantitative estimate of drug-likeness (QED) is 0.623. The molecule has 2 rings (SSSR count). The molecule has 1 aliphatic heterocycles. The van der Waals surface area contributed by atoms with E-state index in [1.807, 2.05) is 0 Å². The van der Waals surface area contributed by atoms with Gasteiger partial charge in [0.15, 0.2) is 0 Å². The van der Waals surface area contributed by atoms with Crippen molar-refractivity contribution in [2.75, 3.05) is 26.3 Å². The molecule has 1 heterocycles. The average Bonchev–Trinajstić information content (AvgIpc) is 2.47. The molecule has 116 valence electrons. The van der Waals surface area contributed by atoms with Crippen LogP contribution < -0.4 is 0 Å². The monoisotopic (exact) mass is 320 g/mol. The van der Waals surface area contributed by atoms with E-state index in [0.29, 0.717) is 6.07 Å². The summed E-state index contributed by atoms with van der Waals surface area (Å²) in [5.41, 5.74) is -0.900. The number of aliphatic hydroxyl groups is 1. The van der Waals surface area contributed by atoms with Crippen LogP contribution in [0, 0.1) is 15.9 Å². The highest BCUT2D eigenvalue weighted by Gasteiger charge is 2.32. The molecule has 1 aromatic rings. The molecule has 1 fully saturated rings. The molecule has 0 aliphatic carbocycles. The van der Waals surface area contributed by atoms with Gasteiger partial charge in [-0.15, -0.1) is 0 Å². The lowest BCUT2D eigenvalue weighted by Crippen LogP contribution is -2.46. The zero-order valence-electron chi connectivity index (χ0n) is 10.8. The van der Waals surface area contributed by atoms with Crippen LogP contribution in [0.15, 0.2) is 23.1 Å². The smallest absolute Gasteiger partial charge is 0.306 e. The molecule has 1 aromatic carbocycles. The Balaban J connectivity index is 2.35. The number of ether oxygens (including phenoxy) is 1. The predicted molar refractivity (Wildman–Crippen MR) is 68.6 cm³/mol. The fraction of sp³-hybridized carbons (Fsp3) is 0.455. The number of aliphatic hydroxyl groups excluding tert-OH is 1. The topological polar surface area (TPSA) is 110 Å². The van der Waals surface area contributed by atoms with Crippen LogP contribution in [-0.2, 0) is 14.8 Å². The van der Waals surface area contributed by atoms with Crippen molar-refractivity contribution >= 4 is 15.7 Å². The normalized spacial score (nSPS) is 20.4. The fourth-order valence-corrected chi connectivity index (χ4v) is 3.44. The minimum atomic E-state index is -4.01. The summed E-state index contributed by atoms with van der Waals surface area (Å²) in [6.45, 7) is -0.239. The maximum atomic E-state index is 13.3. The van der Waals surface area contributed by atoms with Crippen LogP contribution in [0.2, 0.25) is 0 Å². The molecular weight excluding hydrogens is 307 g/mol. The van der Waals surface area contributed by atoms with Gasteiger partial charge in [-0.2, -0.15) is 8.70 Å². The maximum absolute atomic E-state index is 13.3. The van der Waals surface area contributed by atoms with Gasteiger partial charge in [0, 0.05) is 19.2 Å². The van der Waals surface area contributed by atoms with Crippen LogP contribution in [0.3, 0.4) is 0 Å². The first-order valence-electron chi connectivity index (χ1n) is 6.03. The largest absolute Gasteiger partial charge is 0.394 e. The molecule has 0 amide bonds. The molecule has 1 aliphatic rings. The summed E-state index contributed by atoms with van der Waals surface area (Å²) in [5.74, 6) is -1.10. The number of nitro groups is 1. The standard InChI is InChI=1S/C11H13FN2O6S/c12-10-2-1-9(5-11(10)14(16)17)21(18,19)13-3-4-20-8(6-13)7-15/h1-2,5,8,15H,3-4,6-7H2. The van der Waals surface area contributed by atoms with Crippen LogP contribution in [0.25, 0.3) is 0 Å². The highest BCUT2D eigenvalue weighted by atomic mass is 32.2. The molecule has 0 saturated carbocycles. The fourth-order valence-electron chi connectivity index (χ4n) is 1.96. The molecule has 10 heteroatoms. The first-order chi connectivity index (χ1) is 9.86. The Morgan fingerprint density at radius 2 is 2.24 bits per heavy atom. The summed E-state index contributed by atoms with van der Waals surface area (Å²) in [6, 6.07) is 2.41. The molecule has 0 spiro atoms. The van der Waals surface area contributed by atoms with Crippen molar-refractivity contribution in [3.63, 3.8) is 0 Å². The molecular formula is C11H13FN2O6S. The van der Waals surface area contributed by atoms with E-state index in [-0.39, 0.29) is 31.2 Å². The van der Waals surface area contributed by atoms with E-state index in [2.05, 4.69) is 0 Å². The number of rotatable bonds is 4. The van der Waals surface area contributed by atoms with E-state index in [1.54, 1.807) is 0 Å². The van der Waals surface area contributed by atoms with Crippen LogP contribution in [-0.4, -0.2) is 55.2 Å². The molecule has 1 saturated heterocycles. The Bertz CT molecular complexity index is 650. The van der Waals surface area contributed by atoms with Crippen LogP contribution >= 0.6 is 0 Å². The van der Waals surface area contributed by atoms with Crippen molar-refractivity contribution < 1.29 is 27.6 Å². The number of nitro benzene ring substituents is 1. The number of benzene rings is 1.